The zero-order valence-electron chi connectivity index (χ0n) is 12.4. The number of hydrogen-bond donors (Lipinski definition) is 1. The van der Waals surface area contributed by atoms with Crippen molar-refractivity contribution in [2.75, 3.05) is 5.32 Å². The first kappa shape index (κ1) is 18.6. The van der Waals surface area contributed by atoms with Crippen LogP contribution in [0.2, 0.25) is 0 Å². The average molecular weight is 359 g/mol. The Morgan fingerprint density at radius 2 is 1.56 bits per heavy atom. The van der Waals surface area contributed by atoms with Gasteiger partial charge in [-0.2, -0.15) is 26.3 Å². The Bertz CT molecular complexity index is 792. The fourth-order valence-electron chi connectivity index (χ4n) is 2.00. The van der Waals surface area contributed by atoms with Crippen LogP contribution in [0.4, 0.5) is 32.0 Å². The lowest BCUT2D eigenvalue weighted by molar-refractivity contribution is -0.138. The molecular weight excluding hydrogens is 348 g/mol. The number of anilines is 1. The zero-order valence-corrected chi connectivity index (χ0v) is 12.4. The van der Waals surface area contributed by atoms with Crippen molar-refractivity contribution in [3.8, 4) is 0 Å². The van der Waals surface area contributed by atoms with Gasteiger partial charge in [0.1, 0.15) is 0 Å². The summed E-state index contributed by atoms with van der Waals surface area (Å²) in [5.74, 6) is -0.894. The van der Waals surface area contributed by atoms with Gasteiger partial charge in [0.15, 0.2) is 0 Å². The molecule has 0 aromatic heterocycles. The Hall–Kier alpha value is -2.77. The molecule has 25 heavy (non-hydrogen) atoms. The summed E-state index contributed by atoms with van der Waals surface area (Å²) in [6, 6.07) is 8.59. The highest BCUT2D eigenvalue weighted by atomic mass is 19.4. The summed E-state index contributed by atoms with van der Waals surface area (Å²) in [7, 11) is 0. The van der Waals surface area contributed by atoms with Crippen LogP contribution in [-0.4, -0.2) is 5.91 Å². The Labute approximate surface area is 138 Å². The fraction of sp³-hybridized carbons (Fsp3) is 0.118. The number of carbonyl (C=O) groups excluding carboxylic acids is 1. The van der Waals surface area contributed by atoms with Gasteiger partial charge in [0.25, 0.3) is 0 Å². The number of carbonyl (C=O) groups is 1. The van der Waals surface area contributed by atoms with E-state index in [0.29, 0.717) is 0 Å². The summed E-state index contributed by atoms with van der Waals surface area (Å²) < 4.78 is 76.3. The van der Waals surface area contributed by atoms with Crippen LogP contribution in [0.3, 0.4) is 0 Å². The Morgan fingerprint density at radius 3 is 2.20 bits per heavy atom. The number of alkyl halides is 6. The molecule has 0 bridgehead atoms. The summed E-state index contributed by atoms with van der Waals surface area (Å²) >= 11 is 0. The van der Waals surface area contributed by atoms with Crippen molar-refractivity contribution in [2.45, 2.75) is 12.4 Å². The second-order valence-corrected chi connectivity index (χ2v) is 4.99. The monoisotopic (exact) mass is 359 g/mol. The molecule has 132 valence electrons. The predicted molar refractivity (Wildman–Crippen MR) is 80.6 cm³/mol. The molecule has 0 atom stereocenters. The minimum atomic E-state index is -4.64. The van der Waals surface area contributed by atoms with Crippen molar-refractivity contribution in [1.29, 1.82) is 0 Å². The van der Waals surface area contributed by atoms with Crippen LogP contribution in [0, 0.1) is 0 Å². The first-order valence-corrected chi connectivity index (χ1v) is 6.90. The van der Waals surface area contributed by atoms with Crippen LogP contribution < -0.4 is 5.32 Å². The molecule has 0 unspecified atom stereocenters. The second kappa shape index (κ2) is 7.00. The number of amides is 1. The van der Waals surface area contributed by atoms with Crippen LogP contribution in [-0.2, 0) is 17.1 Å². The largest absolute Gasteiger partial charge is 0.418 e. The molecule has 2 nitrogen and oxygen atoms in total. The van der Waals surface area contributed by atoms with E-state index in [0.717, 1.165) is 36.4 Å². The lowest BCUT2D eigenvalue weighted by Gasteiger charge is -2.12. The molecule has 2 aromatic rings. The minimum absolute atomic E-state index is 0.0917. The van der Waals surface area contributed by atoms with Crippen molar-refractivity contribution >= 4 is 17.7 Å². The Kier molecular flexibility index (Phi) is 5.20. The molecule has 0 spiro atoms. The van der Waals surface area contributed by atoms with Crippen LogP contribution in [0.15, 0.2) is 54.6 Å². The van der Waals surface area contributed by atoms with Gasteiger partial charge in [0, 0.05) is 6.08 Å². The second-order valence-electron chi connectivity index (χ2n) is 4.99. The van der Waals surface area contributed by atoms with Crippen molar-refractivity contribution in [1.82, 2.24) is 0 Å². The Morgan fingerprint density at radius 1 is 0.880 bits per heavy atom. The quantitative estimate of drug-likeness (QED) is 0.579. The molecule has 0 radical (unpaired) electrons. The van der Waals surface area contributed by atoms with Gasteiger partial charge in [0.05, 0.1) is 16.8 Å². The van der Waals surface area contributed by atoms with Crippen molar-refractivity contribution < 1.29 is 31.1 Å². The maximum Gasteiger partial charge on any atom is 0.418 e. The van der Waals surface area contributed by atoms with E-state index in [1.165, 1.54) is 24.3 Å². The third-order valence-electron chi connectivity index (χ3n) is 3.13. The standard InChI is InChI=1S/C17H11F6NO/c18-16(19,20)12-5-3-4-11(10-12)8-9-15(25)24-14-7-2-1-6-13(14)17(21,22)23/h1-10H,(H,24,25)/b9-8+. The predicted octanol–water partition coefficient (Wildman–Crippen LogP) is 5.38. The zero-order chi connectivity index (χ0) is 18.7. The smallest absolute Gasteiger partial charge is 0.322 e. The van der Waals surface area contributed by atoms with Crippen LogP contribution in [0.5, 0.6) is 0 Å². The normalized spacial score (nSPS) is 12.4. The number of hydrogen-bond acceptors (Lipinski definition) is 1. The molecule has 8 heteroatoms. The maximum absolute atomic E-state index is 12.8. The molecule has 0 aliphatic carbocycles. The van der Waals surface area contributed by atoms with Gasteiger partial charge in [0.2, 0.25) is 5.91 Å². The van der Waals surface area contributed by atoms with E-state index in [4.69, 9.17) is 0 Å². The summed E-state index contributed by atoms with van der Waals surface area (Å²) in [6.45, 7) is 0. The third kappa shape index (κ3) is 5.10. The van der Waals surface area contributed by atoms with Gasteiger partial charge in [-0.05, 0) is 35.9 Å². The topological polar surface area (TPSA) is 29.1 Å². The molecule has 0 heterocycles. The van der Waals surface area contributed by atoms with E-state index in [2.05, 4.69) is 5.32 Å². The van der Waals surface area contributed by atoms with Crippen LogP contribution in [0.25, 0.3) is 6.08 Å². The Balaban J connectivity index is 2.15. The lowest BCUT2D eigenvalue weighted by atomic mass is 10.1. The van der Waals surface area contributed by atoms with E-state index < -0.39 is 35.1 Å². The van der Waals surface area contributed by atoms with Crippen LogP contribution in [0.1, 0.15) is 16.7 Å². The van der Waals surface area contributed by atoms with Gasteiger partial charge >= 0.3 is 12.4 Å². The molecule has 0 fully saturated rings. The van der Waals surface area contributed by atoms with E-state index >= 15 is 0 Å². The summed E-state index contributed by atoms with van der Waals surface area (Å²) in [4.78, 5) is 11.8. The number of rotatable bonds is 3. The molecule has 1 N–H and O–H groups in total. The molecule has 2 aromatic carbocycles. The average Bonchev–Trinajstić information content (AvgIpc) is 2.52. The van der Waals surface area contributed by atoms with Crippen LogP contribution >= 0.6 is 0 Å². The highest BCUT2D eigenvalue weighted by Gasteiger charge is 2.33. The fourth-order valence-corrected chi connectivity index (χ4v) is 2.00. The van der Waals surface area contributed by atoms with E-state index in [-0.39, 0.29) is 5.56 Å². The van der Waals surface area contributed by atoms with Crippen molar-refractivity contribution in [2.24, 2.45) is 0 Å². The minimum Gasteiger partial charge on any atom is -0.322 e. The molecular formula is C17H11F6NO. The van der Waals surface area contributed by atoms with Gasteiger partial charge in [-0.3, -0.25) is 4.79 Å². The van der Waals surface area contributed by atoms with Gasteiger partial charge in [-0.1, -0.05) is 24.3 Å². The third-order valence-corrected chi connectivity index (χ3v) is 3.13. The summed E-state index contributed by atoms with van der Waals surface area (Å²) in [6.07, 6.45) is -7.23. The maximum atomic E-state index is 12.8. The van der Waals surface area contributed by atoms with E-state index in [1.807, 2.05) is 0 Å². The number of benzene rings is 2. The first-order chi connectivity index (χ1) is 11.6. The molecule has 0 saturated heterocycles. The molecule has 0 aliphatic heterocycles. The van der Waals surface area contributed by atoms with E-state index in [1.54, 1.807) is 0 Å². The first-order valence-electron chi connectivity index (χ1n) is 6.90. The number of nitrogens with one attached hydrogen (secondary N) is 1. The highest BCUT2D eigenvalue weighted by Crippen LogP contribution is 2.34. The molecule has 0 aliphatic rings. The summed E-state index contributed by atoms with van der Waals surface area (Å²) in [5, 5.41) is 2.06. The van der Waals surface area contributed by atoms with Gasteiger partial charge in [-0.15, -0.1) is 0 Å². The van der Waals surface area contributed by atoms with Gasteiger partial charge in [-0.25, -0.2) is 0 Å². The lowest BCUT2D eigenvalue weighted by Crippen LogP contribution is -2.14. The van der Waals surface area contributed by atoms with Gasteiger partial charge < -0.3 is 5.32 Å². The highest BCUT2D eigenvalue weighted by molar-refractivity contribution is 6.02. The molecule has 0 saturated carbocycles. The molecule has 2 rings (SSSR count). The molecule has 1 amide bonds. The number of halogens is 6. The van der Waals surface area contributed by atoms with Crippen molar-refractivity contribution in [3.05, 3.63) is 71.3 Å². The number of para-hydroxylation sites is 1. The summed E-state index contributed by atoms with van der Waals surface area (Å²) in [5.41, 5.74) is -2.25. The SMILES string of the molecule is O=C(/C=C/c1cccc(C(F)(F)F)c1)Nc1ccccc1C(F)(F)F. The van der Waals surface area contributed by atoms with E-state index in [9.17, 15) is 31.1 Å². The van der Waals surface area contributed by atoms with Crippen molar-refractivity contribution in [3.63, 3.8) is 0 Å².